The Morgan fingerprint density at radius 2 is 2.06 bits per heavy atom. The number of sulfonamides is 1. The lowest BCUT2D eigenvalue weighted by molar-refractivity contribution is -0.118. The molecule has 0 heterocycles. The molecule has 17 heavy (non-hydrogen) atoms. The summed E-state index contributed by atoms with van der Waals surface area (Å²) in [5.41, 5.74) is 10.9. The standard InChI is InChI=1S/C9H12BrN3O3S/c1-13(5-9(12)14)17(15,16)6-2-3-8(11)7(10)4-6/h2-4H,5,11H2,1H3,(H2,12,14). The van der Waals surface area contributed by atoms with Crippen molar-refractivity contribution in [3.63, 3.8) is 0 Å². The third-order valence-electron chi connectivity index (χ3n) is 2.06. The van der Waals surface area contributed by atoms with Crippen molar-refractivity contribution in [2.24, 2.45) is 5.73 Å². The molecule has 1 aromatic rings. The number of carbonyl (C=O) groups is 1. The number of amides is 1. The number of carbonyl (C=O) groups excluding carboxylic acids is 1. The topological polar surface area (TPSA) is 106 Å². The van der Waals surface area contributed by atoms with Crippen molar-refractivity contribution in [1.82, 2.24) is 4.31 Å². The Morgan fingerprint density at radius 3 is 2.53 bits per heavy atom. The lowest BCUT2D eigenvalue weighted by Crippen LogP contribution is -2.35. The smallest absolute Gasteiger partial charge is 0.243 e. The molecule has 0 atom stereocenters. The second-order valence-corrected chi connectivity index (χ2v) is 6.31. The average molecular weight is 322 g/mol. The minimum Gasteiger partial charge on any atom is -0.398 e. The van der Waals surface area contributed by atoms with Crippen LogP contribution in [0.25, 0.3) is 0 Å². The second-order valence-electron chi connectivity index (χ2n) is 3.41. The molecule has 0 fully saturated rings. The molecule has 0 aliphatic carbocycles. The van der Waals surface area contributed by atoms with Gasteiger partial charge in [-0.3, -0.25) is 4.79 Å². The number of nitrogens with two attached hydrogens (primary N) is 2. The second kappa shape index (κ2) is 5.03. The third kappa shape index (κ3) is 3.18. The molecule has 6 nitrogen and oxygen atoms in total. The van der Waals surface area contributed by atoms with E-state index in [-0.39, 0.29) is 11.4 Å². The van der Waals surface area contributed by atoms with Gasteiger partial charge in [-0.1, -0.05) is 0 Å². The van der Waals surface area contributed by atoms with Gasteiger partial charge in [0.2, 0.25) is 15.9 Å². The number of halogens is 1. The van der Waals surface area contributed by atoms with Crippen LogP contribution >= 0.6 is 15.9 Å². The summed E-state index contributed by atoms with van der Waals surface area (Å²) in [6.07, 6.45) is 0. The lowest BCUT2D eigenvalue weighted by Gasteiger charge is -2.15. The number of anilines is 1. The van der Waals surface area contributed by atoms with Gasteiger partial charge in [-0.25, -0.2) is 8.42 Å². The van der Waals surface area contributed by atoms with Gasteiger partial charge in [0.05, 0.1) is 11.4 Å². The SMILES string of the molecule is CN(CC(N)=O)S(=O)(=O)c1ccc(N)c(Br)c1. The van der Waals surface area contributed by atoms with Gasteiger partial charge in [0.25, 0.3) is 0 Å². The Balaban J connectivity index is 3.13. The summed E-state index contributed by atoms with van der Waals surface area (Å²) in [4.78, 5) is 10.7. The van der Waals surface area contributed by atoms with Crippen molar-refractivity contribution in [2.45, 2.75) is 4.90 Å². The fourth-order valence-corrected chi connectivity index (χ4v) is 2.85. The van der Waals surface area contributed by atoms with Gasteiger partial charge in [-0.05, 0) is 34.1 Å². The summed E-state index contributed by atoms with van der Waals surface area (Å²) >= 11 is 3.14. The molecule has 8 heteroatoms. The number of primary amides is 1. The number of nitrogens with zero attached hydrogens (tertiary/aromatic N) is 1. The molecule has 0 radical (unpaired) electrons. The van der Waals surface area contributed by atoms with Crippen LogP contribution < -0.4 is 11.5 Å². The Hall–Kier alpha value is -1.12. The zero-order valence-corrected chi connectivity index (χ0v) is 11.5. The van der Waals surface area contributed by atoms with Crippen LogP contribution in [0.2, 0.25) is 0 Å². The molecular weight excluding hydrogens is 310 g/mol. The van der Waals surface area contributed by atoms with Gasteiger partial charge < -0.3 is 11.5 Å². The number of hydrogen-bond donors (Lipinski definition) is 2. The van der Waals surface area contributed by atoms with Crippen LogP contribution in [-0.4, -0.2) is 32.2 Å². The van der Waals surface area contributed by atoms with Crippen LogP contribution in [0.1, 0.15) is 0 Å². The van der Waals surface area contributed by atoms with Crippen molar-refractivity contribution in [2.75, 3.05) is 19.3 Å². The van der Waals surface area contributed by atoms with Crippen LogP contribution in [0.15, 0.2) is 27.6 Å². The van der Waals surface area contributed by atoms with Crippen molar-refractivity contribution in [3.8, 4) is 0 Å². The minimum atomic E-state index is -3.73. The maximum atomic E-state index is 12.0. The Morgan fingerprint density at radius 1 is 1.47 bits per heavy atom. The van der Waals surface area contributed by atoms with Crippen LogP contribution in [0.5, 0.6) is 0 Å². The zero-order chi connectivity index (χ0) is 13.2. The molecule has 0 aliphatic heterocycles. The maximum Gasteiger partial charge on any atom is 0.243 e. The summed E-state index contributed by atoms with van der Waals surface area (Å²) in [6.45, 7) is -0.371. The highest BCUT2D eigenvalue weighted by Crippen LogP contribution is 2.24. The first-order chi connectivity index (χ1) is 7.75. The molecule has 0 aliphatic rings. The summed E-state index contributed by atoms with van der Waals surface area (Å²) < 4.78 is 25.3. The van der Waals surface area contributed by atoms with Crippen molar-refractivity contribution >= 4 is 37.5 Å². The summed E-state index contributed by atoms with van der Waals surface area (Å²) in [5, 5.41) is 0. The van der Waals surface area contributed by atoms with Crippen molar-refractivity contribution < 1.29 is 13.2 Å². The largest absolute Gasteiger partial charge is 0.398 e. The number of benzene rings is 1. The van der Waals surface area contributed by atoms with Gasteiger partial charge in [-0.2, -0.15) is 4.31 Å². The van der Waals surface area contributed by atoms with E-state index in [4.69, 9.17) is 11.5 Å². The molecule has 0 aromatic heterocycles. The Bertz CT molecular complexity index is 544. The van der Waals surface area contributed by atoms with E-state index >= 15 is 0 Å². The first-order valence-electron chi connectivity index (χ1n) is 4.55. The number of rotatable bonds is 4. The molecular formula is C9H12BrN3O3S. The zero-order valence-electron chi connectivity index (χ0n) is 9.05. The number of likely N-dealkylation sites (N-methyl/N-ethyl adjacent to an activating group) is 1. The van der Waals surface area contributed by atoms with Crippen LogP contribution in [-0.2, 0) is 14.8 Å². The molecule has 1 rings (SSSR count). The van der Waals surface area contributed by atoms with E-state index < -0.39 is 15.9 Å². The van der Waals surface area contributed by atoms with E-state index in [1.807, 2.05) is 0 Å². The quantitative estimate of drug-likeness (QED) is 0.769. The lowest BCUT2D eigenvalue weighted by atomic mass is 10.3. The molecule has 1 amide bonds. The predicted molar refractivity (Wildman–Crippen MR) is 67.6 cm³/mol. The number of hydrogen-bond acceptors (Lipinski definition) is 4. The Kier molecular flexibility index (Phi) is 4.12. The van der Waals surface area contributed by atoms with Crippen molar-refractivity contribution in [3.05, 3.63) is 22.7 Å². The van der Waals surface area contributed by atoms with E-state index in [2.05, 4.69) is 15.9 Å². The van der Waals surface area contributed by atoms with Gasteiger partial charge in [0, 0.05) is 17.2 Å². The normalized spacial score (nSPS) is 11.7. The van der Waals surface area contributed by atoms with Gasteiger partial charge in [-0.15, -0.1) is 0 Å². The summed E-state index contributed by atoms with van der Waals surface area (Å²) in [7, 11) is -2.44. The highest BCUT2D eigenvalue weighted by Gasteiger charge is 2.22. The highest BCUT2D eigenvalue weighted by atomic mass is 79.9. The van der Waals surface area contributed by atoms with Gasteiger partial charge >= 0.3 is 0 Å². The van der Waals surface area contributed by atoms with E-state index in [0.717, 1.165) is 4.31 Å². The van der Waals surface area contributed by atoms with Crippen LogP contribution in [0.4, 0.5) is 5.69 Å². The first kappa shape index (κ1) is 13.9. The third-order valence-corrected chi connectivity index (χ3v) is 4.54. The fourth-order valence-electron chi connectivity index (χ4n) is 1.15. The molecule has 0 bridgehead atoms. The Labute approximate surface area is 108 Å². The van der Waals surface area contributed by atoms with E-state index in [9.17, 15) is 13.2 Å². The maximum absolute atomic E-state index is 12.0. The molecule has 0 saturated heterocycles. The highest BCUT2D eigenvalue weighted by molar-refractivity contribution is 9.10. The van der Waals surface area contributed by atoms with Crippen LogP contribution in [0, 0.1) is 0 Å². The summed E-state index contributed by atoms with van der Waals surface area (Å²) in [6, 6.07) is 4.21. The van der Waals surface area contributed by atoms with Crippen LogP contribution in [0.3, 0.4) is 0 Å². The van der Waals surface area contributed by atoms with Crippen molar-refractivity contribution in [1.29, 1.82) is 0 Å². The van der Waals surface area contributed by atoms with Gasteiger partial charge in [0.1, 0.15) is 0 Å². The number of nitrogen functional groups attached to an aromatic ring is 1. The molecule has 94 valence electrons. The summed E-state index contributed by atoms with van der Waals surface area (Å²) in [5.74, 6) is -0.717. The predicted octanol–water partition coefficient (Wildman–Crippen LogP) is 0.137. The molecule has 0 spiro atoms. The van der Waals surface area contributed by atoms with E-state index in [0.29, 0.717) is 10.2 Å². The first-order valence-corrected chi connectivity index (χ1v) is 6.78. The van der Waals surface area contributed by atoms with Gasteiger partial charge in [0.15, 0.2) is 0 Å². The minimum absolute atomic E-state index is 0.0438. The molecule has 0 unspecified atom stereocenters. The molecule has 0 saturated carbocycles. The fraction of sp³-hybridized carbons (Fsp3) is 0.222. The van der Waals surface area contributed by atoms with E-state index in [1.165, 1.54) is 25.2 Å². The molecule has 4 N–H and O–H groups in total. The average Bonchev–Trinajstić information content (AvgIpc) is 2.20. The van der Waals surface area contributed by atoms with E-state index in [1.54, 1.807) is 0 Å². The monoisotopic (exact) mass is 321 g/mol. The molecule has 1 aromatic carbocycles.